The third kappa shape index (κ3) is 3.48. The minimum Gasteiger partial charge on any atom is -0.508 e. The Hall–Kier alpha value is -2.62. The molecule has 1 heterocycles. The fourth-order valence-electron chi connectivity index (χ4n) is 4.28. The Bertz CT molecular complexity index is 814. The summed E-state index contributed by atoms with van der Waals surface area (Å²) < 4.78 is 5.60. The Balaban J connectivity index is 2.06. The molecule has 0 aliphatic carbocycles. The van der Waals surface area contributed by atoms with Gasteiger partial charge in [0.15, 0.2) is 5.78 Å². The molecule has 2 aromatic carbocycles. The monoisotopic (exact) mass is 366 g/mol. The van der Waals surface area contributed by atoms with E-state index in [1.807, 2.05) is 50.2 Å². The number of benzene rings is 2. The topological polar surface area (TPSA) is 63.6 Å². The number of ketones is 1. The molecule has 3 atom stereocenters. The number of esters is 1. The molecule has 4 heteroatoms. The van der Waals surface area contributed by atoms with E-state index in [9.17, 15) is 14.7 Å². The SMILES string of the molecule is CCCC1(c2ccccc2)COC(=O)C(C(CC)c2cccc(O)c2)C1=O. The molecule has 0 spiro atoms. The van der Waals surface area contributed by atoms with Crippen molar-refractivity contribution in [1.29, 1.82) is 0 Å². The lowest BCUT2D eigenvalue weighted by Gasteiger charge is -2.41. The van der Waals surface area contributed by atoms with Gasteiger partial charge in [-0.2, -0.15) is 0 Å². The molecular formula is C23H26O4. The maximum absolute atomic E-state index is 13.7. The van der Waals surface area contributed by atoms with Crippen molar-refractivity contribution in [3.63, 3.8) is 0 Å². The van der Waals surface area contributed by atoms with Crippen LogP contribution in [-0.2, 0) is 19.7 Å². The van der Waals surface area contributed by atoms with Crippen LogP contribution in [0.4, 0.5) is 0 Å². The van der Waals surface area contributed by atoms with Gasteiger partial charge in [0, 0.05) is 5.92 Å². The highest BCUT2D eigenvalue weighted by Crippen LogP contribution is 2.43. The molecular weight excluding hydrogens is 340 g/mol. The van der Waals surface area contributed by atoms with Gasteiger partial charge in [-0.15, -0.1) is 0 Å². The number of Topliss-reactive ketones (excluding diaryl/α,β-unsaturated/α-hetero) is 1. The average molecular weight is 366 g/mol. The number of phenolic OH excluding ortho intramolecular Hbond substituents is 1. The van der Waals surface area contributed by atoms with E-state index in [-0.39, 0.29) is 24.1 Å². The number of aromatic hydroxyl groups is 1. The Morgan fingerprint density at radius 1 is 1.11 bits per heavy atom. The largest absolute Gasteiger partial charge is 0.508 e. The van der Waals surface area contributed by atoms with E-state index < -0.39 is 17.3 Å². The highest BCUT2D eigenvalue weighted by atomic mass is 16.5. The molecule has 0 saturated carbocycles. The van der Waals surface area contributed by atoms with Crippen molar-refractivity contribution in [2.75, 3.05) is 6.61 Å². The normalized spacial score (nSPS) is 23.7. The summed E-state index contributed by atoms with van der Waals surface area (Å²) in [5.41, 5.74) is 0.882. The Morgan fingerprint density at radius 3 is 2.48 bits per heavy atom. The maximum atomic E-state index is 13.7. The predicted molar refractivity (Wildman–Crippen MR) is 104 cm³/mol. The van der Waals surface area contributed by atoms with Crippen LogP contribution < -0.4 is 0 Å². The summed E-state index contributed by atoms with van der Waals surface area (Å²) in [6, 6.07) is 16.4. The number of hydrogen-bond acceptors (Lipinski definition) is 4. The van der Waals surface area contributed by atoms with Gasteiger partial charge in [0.1, 0.15) is 18.3 Å². The van der Waals surface area contributed by atoms with E-state index in [0.29, 0.717) is 12.8 Å². The van der Waals surface area contributed by atoms with Crippen LogP contribution in [0.1, 0.15) is 50.2 Å². The smallest absolute Gasteiger partial charge is 0.317 e. The minimum absolute atomic E-state index is 0.0676. The molecule has 1 N–H and O–H groups in total. The Labute approximate surface area is 160 Å². The zero-order chi connectivity index (χ0) is 19.4. The first-order valence-corrected chi connectivity index (χ1v) is 9.59. The van der Waals surface area contributed by atoms with Gasteiger partial charge in [0.05, 0.1) is 5.41 Å². The van der Waals surface area contributed by atoms with Gasteiger partial charge >= 0.3 is 5.97 Å². The molecule has 3 unspecified atom stereocenters. The zero-order valence-electron chi connectivity index (χ0n) is 15.9. The van der Waals surface area contributed by atoms with E-state index in [4.69, 9.17) is 4.74 Å². The van der Waals surface area contributed by atoms with Crippen molar-refractivity contribution < 1.29 is 19.4 Å². The van der Waals surface area contributed by atoms with Gasteiger partial charge in [-0.3, -0.25) is 9.59 Å². The van der Waals surface area contributed by atoms with E-state index >= 15 is 0 Å². The quantitative estimate of drug-likeness (QED) is 0.609. The Morgan fingerprint density at radius 2 is 1.85 bits per heavy atom. The van der Waals surface area contributed by atoms with Crippen LogP contribution in [0.25, 0.3) is 0 Å². The number of phenols is 1. The predicted octanol–water partition coefficient (Wildman–Crippen LogP) is 4.37. The van der Waals surface area contributed by atoms with Crippen LogP contribution in [0.15, 0.2) is 54.6 Å². The Kier molecular flexibility index (Phi) is 5.64. The maximum Gasteiger partial charge on any atom is 0.317 e. The van der Waals surface area contributed by atoms with Crippen LogP contribution in [0.2, 0.25) is 0 Å². The zero-order valence-corrected chi connectivity index (χ0v) is 15.9. The van der Waals surface area contributed by atoms with Crippen molar-refractivity contribution in [3.8, 4) is 5.75 Å². The van der Waals surface area contributed by atoms with Crippen LogP contribution in [-0.4, -0.2) is 23.5 Å². The first kappa shape index (κ1) is 19.2. The number of cyclic esters (lactones) is 1. The van der Waals surface area contributed by atoms with E-state index in [0.717, 1.165) is 17.5 Å². The molecule has 1 fully saturated rings. The molecule has 2 aromatic rings. The molecule has 4 nitrogen and oxygen atoms in total. The highest BCUT2D eigenvalue weighted by molar-refractivity contribution is 6.07. The summed E-state index contributed by atoms with van der Waals surface area (Å²) in [4.78, 5) is 26.4. The third-order valence-corrected chi connectivity index (χ3v) is 5.61. The average Bonchev–Trinajstić information content (AvgIpc) is 2.68. The van der Waals surface area contributed by atoms with Crippen molar-refractivity contribution >= 4 is 11.8 Å². The van der Waals surface area contributed by atoms with E-state index in [1.165, 1.54) is 0 Å². The van der Waals surface area contributed by atoms with Gasteiger partial charge in [-0.1, -0.05) is 62.7 Å². The number of rotatable bonds is 6. The van der Waals surface area contributed by atoms with Crippen molar-refractivity contribution in [2.45, 2.75) is 44.4 Å². The van der Waals surface area contributed by atoms with Gasteiger partial charge in [0.2, 0.25) is 0 Å². The standard InChI is InChI=1S/C23H26O4/c1-3-13-23(17-10-6-5-7-11-17)15-27-22(26)20(21(23)25)19(4-2)16-9-8-12-18(24)14-16/h5-12,14,19-20,24H,3-4,13,15H2,1-2H3. The highest BCUT2D eigenvalue weighted by Gasteiger charge is 2.52. The van der Waals surface area contributed by atoms with Gasteiger partial charge < -0.3 is 9.84 Å². The van der Waals surface area contributed by atoms with Crippen LogP contribution in [0.3, 0.4) is 0 Å². The number of carbonyl (C=O) groups is 2. The van der Waals surface area contributed by atoms with Crippen LogP contribution in [0.5, 0.6) is 5.75 Å². The molecule has 0 bridgehead atoms. The molecule has 1 saturated heterocycles. The first-order chi connectivity index (χ1) is 13.0. The van der Waals surface area contributed by atoms with Gasteiger partial charge in [-0.05, 0) is 36.1 Å². The lowest BCUT2D eigenvalue weighted by Crippen LogP contribution is -2.53. The molecule has 0 aromatic heterocycles. The number of ether oxygens (including phenoxy) is 1. The second-order valence-corrected chi connectivity index (χ2v) is 7.26. The summed E-state index contributed by atoms with van der Waals surface area (Å²) >= 11 is 0. The molecule has 142 valence electrons. The fraction of sp³-hybridized carbons (Fsp3) is 0.391. The molecule has 3 rings (SSSR count). The summed E-state index contributed by atoms with van der Waals surface area (Å²) in [5, 5.41) is 9.85. The number of carbonyl (C=O) groups excluding carboxylic acids is 2. The molecule has 27 heavy (non-hydrogen) atoms. The third-order valence-electron chi connectivity index (χ3n) is 5.61. The lowest BCUT2D eigenvalue weighted by molar-refractivity contribution is -0.165. The second kappa shape index (κ2) is 7.95. The van der Waals surface area contributed by atoms with Crippen molar-refractivity contribution in [3.05, 3.63) is 65.7 Å². The van der Waals surface area contributed by atoms with Gasteiger partial charge in [0.25, 0.3) is 0 Å². The van der Waals surface area contributed by atoms with Crippen molar-refractivity contribution in [1.82, 2.24) is 0 Å². The fourth-order valence-corrected chi connectivity index (χ4v) is 4.28. The molecule has 0 radical (unpaired) electrons. The number of hydrogen-bond donors (Lipinski definition) is 1. The summed E-state index contributed by atoms with van der Waals surface area (Å²) in [6.45, 7) is 4.08. The van der Waals surface area contributed by atoms with Gasteiger partial charge in [-0.25, -0.2) is 0 Å². The van der Waals surface area contributed by atoms with E-state index in [2.05, 4.69) is 0 Å². The summed E-state index contributed by atoms with van der Waals surface area (Å²) in [5.74, 6) is -1.58. The van der Waals surface area contributed by atoms with Crippen LogP contribution in [0, 0.1) is 5.92 Å². The van der Waals surface area contributed by atoms with Crippen molar-refractivity contribution in [2.24, 2.45) is 5.92 Å². The molecule has 1 aliphatic rings. The summed E-state index contributed by atoms with van der Waals surface area (Å²) in [6.07, 6.45) is 2.05. The second-order valence-electron chi connectivity index (χ2n) is 7.26. The molecule has 0 amide bonds. The minimum atomic E-state index is -0.864. The van der Waals surface area contributed by atoms with Crippen LogP contribution >= 0.6 is 0 Å². The molecule has 1 aliphatic heterocycles. The van der Waals surface area contributed by atoms with E-state index in [1.54, 1.807) is 18.2 Å². The first-order valence-electron chi connectivity index (χ1n) is 9.59. The lowest BCUT2D eigenvalue weighted by atomic mass is 9.65. The summed E-state index contributed by atoms with van der Waals surface area (Å²) in [7, 11) is 0.